The number of aryl methyl sites for hydroxylation is 3. The van der Waals surface area contributed by atoms with Crippen molar-refractivity contribution in [1.29, 1.82) is 0 Å². The highest BCUT2D eigenvalue weighted by atomic mass is 32.1. The van der Waals surface area contributed by atoms with Crippen molar-refractivity contribution in [2.75, 3.05) is 12.4 Å². The lowest BCUT2D eigenvalue weighted by atomic mass is 10.2. The van der Waals surface area contributed by atoms with Crippen LogP contribution in [0.5, 0.6) is 5.75 Å². The van der Waals surface area contributed by atoms with Gasteiger partial charge in [0.25, 0.3) is 5.91 Å². The second-order valence-corrected chi connectivity index (χ2v) is 6.30. The quantitative estimate of drug-likeness (QED) is 0.804. The van der Waals surface area contributed by atoms with Crippen molar-refractivity contribution in [3.63, 3.8) is 0 Å². The van der Waals surface area contributed by atoms with Crippen molar-refractivity contribution < 1.29 is 9.53 Å². The zero-order chi connectivity index (χ0) is 15.9. The molecular weight excluding hydrogens is 298 g/mol. The van der Waals surface area contributed by atoms with E-state index in [1.165, 1.54) is 11.3 Å². The smallest absolute Gasteiger partial charge is 0.274 e. The Kier molecular flexibility index (Phi) is 3.62. The lowest BCUT2D eigenvalue weighted by Crippen LogP contribution is -2.15. The molecule has 0 spiro atoms. The molecule has 0 fully saturated rings. The molecule has 0 saturated carbocycles. The van der Waals surface area contributed by atoms with Crippen LogP contribution in [-0.4, -0.2) is 22.6 Å². The van der Waals surface area contributed by atoms with Gasteiger partial charge in [0.15, 0.2) is 5.13 Å². The second kappa shape index (κ2) is 5.46. The van der Waals surface area contributed by atoms with E-state index in [1.54, 1.807) is 7.11 Å². The van der Waals surface area contributed by atoms with E-state index in [0.717, 1.165) is 27.2 Å². The first-order valence-corrected chi connectivity index (χ1v) is 7.70. The van der Waals surface area contributed by atoms with Gasteiger partial charge in [0.2, 0.25) is 0 Å². The molecule has 0 aliphatic rings. The molecule has 1 aromatic carbocycles. The number of hydrogen-bond acceptors (Lipinski definition) is 4. The molecule has 1 N–H and O–H groups in total. The van der Waals surface area contributed by atoms with Gasteiger partial charge in [0.1, 0.15) is 11.4 Å². The van der Waals surface area contributed by atoms with Gasteiger partial charge in [-0.05, 0) is 32.0 Å². The highest BCUT2D eigenvalue weighted by Crippen LogP contribution is 2.29. The molecule has 0 atom stereocenters. The van der Waals surface area contributed by atoms with Crippen molar-refractivity contribution >= 4 is 33.3 Å². The van der Waals surface area contributed by atoms with Crippen LogP contribution >= 0.6 is 11.3 Å². The zero-order valence-electron chi connectivity index (χ0n) is 12.9. The summed E-state index contributed by atoms with van der Waals surface area (Å²) in [6.07, 6.45) is 0. The molecule has 22 heavy (non-hydrogen) atoms. The maximum absolute atomic E-state index is 12.5. The first kappa shape index (κ1) is 14.6. The van der Waals surface area contributed by atoms with Crippen LogP contribution < -0.4 is 10.1 Å². The summed E-state index contributed by atoms with van der Waals surface area (Å²) >= 11 is 1.48. The monoisotopic (exact) mass is 315 g/mol. The zero-order valence-corrected chi connectivity index (χ0v) is 13.7. The number of nitrogens with one attached hydrogen (secondary N) is 1. The first-order valence-electron chi connectivity index (χ1n) is 6.89. The van der Waals surface area contributed by atoms with E-state index in [-0.39, 0.29) is 5.91 Å². The molecule has 0 aliphatic heterocycles. The van der Waals surface area contributed by atoms with E-state index in [0.29, 0.717) is 10.8 Å². The molecule has 0 radical (unpaired) electrons. The summed E-state index contributed by atoms with van der Waals surface area (Å²) in [5.41, 5.74) is 2.47. The molecular formula is C16H17N3O2S. The van der Waals surface area contributed by atoms with Crippen LogP contribution in [0.1, 0.15) is 21.1 Å². The third-order valence-electron chi connectivity index (χ3n) is 3.75. The SMILES string of the molecule is COc1cccc2c1cc(C(=O)Nc1nc(C)c(C)s1)n2C. The Morgan fingerprint density at radius 2 is 2.14 bits per heavy atom. The highest BCUT2D eigenvalue weighted by molar-refractivity contribution is 7.15. The van der Waals surface area contributed by atoms with E-state index in [1.807, 2.05) is 49.7 Å². The van der Waals surface area contributed by atoms with Gasteiger partial charge < -0.3 is 9.30 Å². The molecule has 5 nitrogen and oxygen atoms in total. The largest absolute Gasteiger partial charge is 0.496 e. The molecule has 1 amide bonds. The van der Waals surface area contributed by atoms with Gasteiger partial charge in [-0.25, -0.2) is 4.98 Å². The lowest BCUT2D eigenvalue weighted by Gasteiger charge is -2.04. The van der Waals surface area contributed by atoms with E-state index in [2.05, 4.69) is 10.3 Å². The number of amides is 1. The Bertz CT molecular complexity index is 844. The number of ether oxygens (including phenoxy) is 1. The maximum atomic E-state index is 12.5. The molecule has 0 bridgehead atoms. The Hall–Kier alpha value is -2.34. The summed E-state index contributed by atoms with van der Waals surface area (Å²) in [5, 5.41) is 4.41. The van der Waals surface area contributed by atoms with E-state index in [9.17, 15) is 4.79 Å². The van der Waals surface area contributed by atoms with Crippen molar-refractivity contribution in [1.82, 2.24) is 9.55 Å². The number of benzene rings is 1. The van der Waals surface area contributed by atoms with Gasteiger partial charge in [-0.2, -0.15) is 0 Å². The molecule has 114 valence electrons. The van der Waals surface area contributed by atoms with Crippen LogP contribution in [0.3, 0.4) is 0 Å². The Balaban J connectivity index is 1.99. The van der Waals surface area contributed by atoms with E-state index >= 15 is 0 Å². The third kappa shape index (κ3) is 2.35. The number of nitrogens with zero attached hydrogens (tertiary/aromatic N) is 2. The van der Waals surface area contributed by atoms with Crippen molar-refractivity contribution in [2.24, 2.45) is 7.05 Å². The predicted molar refractivity (Wildman–Crippen MR) is 89.0 cm³/mol. The van der Waals surface area contributed by atoms with Gasteiger partial charge in [0.05, 0.1) is 18.3 Å². The molecule has 3 rings (SSSR count). The number of fused-ring (bicyclic) bond motifs is 1. The van der Waals surface area contributed by atoms with Crippen molar-refractivity contribution in [3.05, 3.63) is 40.5 Å². The molecule has 2 aromatic heterocycles. The van der Waals surface area contributed by atoms with E-state index < -0.39 is 0 Å². The number of thiazole rings is 1. The molecule has 0 saturated heterocycles. The minimum Gasteiger partial charge on any atom is -0.496 e. The van der Waals surface area contributed by atoms with Gasteiger partial charge in [-0.15, -0.1) is 11.3 Å². The standard InChI is InChI=1S/C16H17N3O2S/c1-9-10(2)22-16(17-9)18-15(20)13-8-11-12(19(13)3)6-5-7-14(11)21-4/h5-8H,1-4H3,(H,17,18,20). The van der Waals surface area contributed by atoms with Crippen LogP contribution in [0.4, 0.5) is 5.13 Å². The number of hydrogen-bond donors (Lipinski definition) is 1. The Morgan fingerprint density at radius 3 is 2.77 bits per heavy atom. The number of methoxy groups -OCH3 is 1. The van der Waals surface area contributed by atoms with Gasteiger partial charge >= 0.3 is 0 Å². The van der Waals surface area contributed by atoms with Crippen LogP contribution in [0.2, 0.25) is 0 Å². The van der Waals surface area contributed by atoms with E-state index in [4.69, 9.17) is 4.74 Å². The first-order chi connectivity index (χ1) is 10.5. The lowest BCUT2D eigenvalue weighted by molar-refractivity contribution is 0.101. The second-order valence-electron chi connectivity index (χ2n) is 5.10. The predicted octanol–water partition coefficient (Wildman–Crippen LogP) is 3.51. The fourth-order valence-electron chi connectivity index (χ4n) is 2.42. The van der Waals surface area contributed by atoms with Gasteiger partial charge in [0, 0.05) is 17.3 Å². The number of anilines is 1. The summed E-state index contributed by atoms with van der Waals surface area (Å²) in [5.74, 6) is 0.586. The summed E-state index contributed by atoms with van der Waals surface area (Å²) < 4.78 is 7.22. The average Bonchev–Trinajstić information content (AvgIpc) is 2.99. The fraction of sp³-hybridized carbons (Fsp3) is 0.250. The fourth-order valence-corrected chi connectivity index (χ4v) is 3.23. The Morgan fingerprint density at radius 1 is 1.36 bits per heavy atom. The van der Waals surface area contributed by atoms with Gasteiger partial charge in [-0.3, -0.25) is 10.1 Å². The summed E-state index contributed by atoms with van der Waals surface area (Å²) in [6, 6.07) is 7.61. The maximum Gasteiger partial charge on any atom is 0.274 e. The number of carbonyl (C=O) groups is 1. The molecule has 3 aromatic rings. The van der Waals surface area contributed by atoms with Gasteiger partial charge in [-0.1, -0.05) is 6.07 Å². The van der Waals surface area contributed by atoms with Crippen molar-refractivity contribution in [3.8, 4) is 5.75 Å². The number of aromatic nitrogens is 2. The topological polar surface area (TPSA) is 56.1 Å². The highest BCUT2D eigenvalue weighted by Gasteiger charge is 2.17. The van der Waals surface area contributed by atoms with Crippen LogP contribution in [-0.2, 0) is 7.05 Å². The van der Waals surface area contributed by atoms with Crippen LogP contribution in [0.15, 0.2) is 24.3 Å². The normalized spacial score (nSPS) is 10.9. The third-order valence-corrected chi connectivity index (χ3v) is 4.74. The van der Waals surface area contributed by atoms with Crippen molar-refractivity contribution in [2.45, 2.75) is 13.8 Å². The summed E-state index contributed by atoms with van der Waals surface area (Å²) in [4.78, 5) is 18.0. The van der Waals surface area contributed by atoms with Crippen LogP contribution in [0, 0.1) is 13.8 Å². The molecule has 0 unspecified atom stereocenters. The summed E-state index contributed by atoms with van der Waals surface area (Å²) in [6.45, 7) is 3.92. The Labute approximate surface area is 132 Å². The minimum atomic E-state index is -0.172. The number of rotatable bonds is 3. The number of carbonyl (C=O) groups excluding carboxylic acids is 1. The minimum absolute atomic E-state index is 0.172. The molecule has 2 heterocycles. The molecule has 0 aliphatic carbocycles. The summed E-state index contributed by atoms with van der Waals surface area (Å²) in [7, 11) is 3.50. The van der Waals surface area contributed by atoms with Crippen LogP contribution in [0.25, 0.3) is 10.9 Å². The molecule has 6 heteroatoms. The average molecular weight is 315 g/mol.